The van der Waals surface area contributed by atoms with E-state index in [0.717, 1.165) is 33.6 Å². The smallest absolute Gasteiger partial charge is 0.322 e. The summed E-state index contributed by atoms with van der Waals surface area (Å²) in [6.45, 7) is 4.34. The first-order chi connectivity index (χ1) is 17.1. The second-order valence-corrected chi connectivity index (χ2v) is 9.25. The number of benzene rings is 1. The van der Waals surface area contributed by atoms with Crippen LogP contribution in [0.4, 0.5) is 0 Å². The molecule has 0 saturated carbocycles. The molecule has 0 fully saturated rings. The van der Waals surface area contributed by atoms with Gasteiger partial charge in [-0.2, -0.15) is 4.98 Å². The number of rotatable bonds is 10. The Bertz CT molecular complexity index is 1190. The minimum atomic E-state index is -1.33. The van der Waals surface area contributed by atoms with E-state index in [9.17, 15) is 9.35 Å². The number of carboxylic acids is 1. The van der Waals surface area contributed by atoms with Gasteiger partial charge in [-0.3, -0.25) is 20.2 Å². The van der Waals surface area contributed by atoms with Crippen molar-refractivity contribution in [2.75, 3.05) is 20.8 Å². The van der Waals surface area contributed by atoms with Crippen molar-refractivity contribution in [2.24, 2.45) is 11.5 Å². The van der Waals surface area contributed by atoms with Crippen LogP contribution in [0.5, 0.6) is 11.5 Å². The highest BCUT2D eigenvalue weighted by Crippen LogP contribution is 2.27. The number of imidazole rings is 1. The molecule has 0 aliphatic rings. The lowest BCUT2D eigenvalue weighted by Crippen LogP contribution is -2.34. The topological polar surface area (TPSA) is 208 Å². The first-order valence-electron chi connectivity index (χ1n) is 11.0. The second kappa shape index (κ2) is 13.5. The van der Waals surface area contributed by atoms with Gasteiger partial charge in [-0.15, -0.1) is 0 Å². The Morgan fingerprint density at radius 1 is 1.33 bits per heavy atom. The molecule has 1 aromatic carbocycles. The van der Waals surface area contributed by atoms with Gasteiger partial charge < -0.3 is 35.9 Å². The zero-order chi connectivity index (χ0) is 26.8. The summed E-state index contributed by atoms with van der Waals surface area (Å²) in [6.07, 6.45) is 2.71. The molecule has 0 saturated heterocycles. The molecule has 0 radical (unpaired) electrons. The van der Waals surface area contributed by atoms with Gasteiger partial charge in [-0.1, -0.05) is 0 Å². The normalized spacial score (nSPS) is 12.3. The standard InChI is InChI=1S/C17H19N3O3S.C6H14N4O2/c1-10-8-18-15(11(2)16(10)23-4)9-24(21)17-19-13-6-5-12(22-3)7-14(13)20-17;7-4(5(11)12)2-1-3-10-6(8)9/h5-8H,9H2,1-4H3,(H,19,20);4H,1-3,7H2,(H,11,12)(H4,8,9,10). The fraction of sp³-hybridized carbons (Fsp3) is 0.391. The monoisotopic (exact) mass is 519 g/mol. The first kappa shape index (κ1) is 28.7. The van der Waals surface area contributed by atoms with Crippen molar-refractivity contribution in [1.29, 1.82) is 5.41 Å². The maximum atomic E-state index is 12.7. The van der Waals surface area contributed by atoms with Crippen molar-refractivity contribution in [3.63, 3.8) is 0 Å². The zero-order valence-corrected chi connectivity index (χ0v) is 21.6. The van der Waals surface area contributed by atoms with Gasteiger partial charge in [0.05, 0.1) is 30.9 Å². The average Bonchev–Trinajstić information content (AvgIpc) is 3.27. The third kappa shape index (κ3) is 8.00. The number of fused-ring (bicyclic) bond motifs is 1. The third-order valence-corrected chi connectivity index (χ3v) is 6.39. The van der Waals surface area contributed by atoms with E-state index in [1.165, 1.54) is 0 Å². The summed E-state index contributed by atoms with van der Waals surface area (Å²) < 4.78 is 23.3. The molecule has 196 valence electrons. The SMILES string of the molecule is COc1ccc2[nH]c([S+]([O-])Cc3ncc(C)c(OC)c3C)nc2c1.N=C(N)NCCCC(N)C(=O)O. The van der Waals surface area contributed by atoms with Crippen LogP contribution in [0.25, 0.3) is 11.0 Å². The fourth-order valence-corrected chi connectivity index (χ4v) is 4.37. The van der Waals surface area contributed by atoms with Crippen LogP contribution in [0.1, 0.15) is 29.7 Å². The van der Waals surface area contributed by atoms with Gasteiger partial charge in [0.15, 0.2) is 11.7 Å². The molecule has 0 aliphatic carbocycles. The quantitative estimate of drug-likeness (QED) is 0.0985. The predicted molar refractivity (Wildman–Crippen MR) is 138 cm³/mol. The molecule has 0 amide bonds. The van der Waals surface area contributed by atoms with Gasteiger partial charge in [-0.25, -0.2) is 0 Å². The van der Waals surface area contributed by atoms with E-state index < -0.39 is 23.2 Å². The molecule has 3 rings (SSSR count). The summed E-state index contributed by atoms with van der Waals surface area (Å²) in [6, 6.07) is 4.69. The van der Waals surface area contributed by atoms with Crippen LogP contribution in [0.15, 0.2) is 29.6 Å². The minimum absolute atomic E-state index is 0.112. The number of ether oxygens (including phenoxy) is 2. The Labute approximate surface area is 212 Å². The summed E-state index contributed by atoms with van der Waals surface area (Å²) in [5.41, 5.74) is 14.4. The highest BCUT2D eigenvalue weighted by atomic mass is 32.2. The van der Waals surface area contributed by atoms with Gasteiger partial charge >= 0.3 is 11.1 Å². The van der Waals surface area contributed by atoms with Crippen LogP contribution in [-0.4, -0.2) is 63.3 Å². The number of aliphatic carboxylic acids is 1. The van der Waals surface area contributed by atoms with Gasteiger partial charge in [-0.05, 0) is 38.8 Å². The Morgan fingerprint density at radius 2 is 2.06 bits per heavy atom. The Hall–Kier alpha value is -3.55. The number of carboxylic acid groups (broad SMARTS) is 1. The number of aryl methyl sites for hydroxylation is 1. The number of H-pyrrole nitrogens is 1. The maximum Gasteiger partial charge on any atom is 0.322 e. The Balaban J connectivity index is 0.000000324. The van der Waals surface area contributed by atoms with Crippen LogP contribution in [0, 0.1) is 19.3 Å². The molecule has 0 aliphatic heterocycles. The van der Waals surface area contributed by atoms with Gasteiger partial charge in [0.1, 0.15) is 17.5 Å². The largest absolute Gasteiger partial charge is 0.609 e. The lowest BCUT2D eigenvalue weighted by molar-refractivity contribution is -0.138. The number of pyridine rings is 1. The van der Waals surface area contributed by atoms with Crippen LogP contribution < -0.4 is 26.3 Å². The summed E-state index contributed by atoms with van der Waals surface area (Å²) >= 11 is -1.33. The van der Waals surface area contributed by atoms with Crippen molar-refractivity contribution in [2.45, 2.75) is 43.6 Å². The molecule has 13 heteroatoms. The molecular weight excluding hydrogens is 486 g/mol. The summed E-state index contributed by atoms with van der Waals surface area (Å²) in [5, 5.41) is 18.1. The lowest BCUT2D eigenvalue weighted by atomic mass is 10.1. The Morgan fingerprint density at radius 3 is 2.67 bits per heavy atom. The molecule has 0 bridgehead atoms. The molecule has 36 heavy (non-hydrogen) atoms. The number of hydrogen-bond donors (Lipinski definition) is 6. The number of nitrogens with one attached hydrogen (secondary N) is 3. The van der Waals surface area contributed by atoms with E-state index in [2.05, 4.69) is 20.3 Å². The van der Waals surface area contributed by atoms with Crippen molar-refractivity contribution < 1.29 is 23.9 Å². The molecule has 0 spiro atoms. The molecule has 2 atom stereocenters. The number of hydrogen-bond acceptors (Lipinski definition) is 8. The number of methoxy groups -OCH3 is 2. The molecule has 2 aromatic heterocycles. The van der Waals surface area contributed by atoms with E-state index >= 15 is 0 Å². The average molecular weight is 520 g/mol. The van der Waals surface area contributed by atoms with E-state index in [-0.39, 0.29) is 11.7 Å². The Kier molecular flexibility index (Phi) is 10.8. The van der Waals surface area contributed by atoms with Gasteiger partial charge in [0.2, 0.25) is 0 Å². The van der Waals surface area contributed by atoms with Gasteiger partial charge in [0, 0.05) is 41.1 Å². The predicted octanol–water partition coefficient (Wildman–Crippen LogP) is 1.56. The van der Waals surface area contributed by atoms with Crippen LogP contribution >= 0.6 is 0 Å². The van der Waals surface area contributed by atoms with E-state index in [1.807, 2.05) is 32.0 Å². The minimum Gasteiger partial charge on any atom is -0.609 e. The number of nitrogens with zero attached hydrogens (tertiary/aromatic N) is 2. The van der Waals surface area contributed by atoms with Crippen LogP contribution in [-0.2, 0) is 21.7 Å². The molecule has 2 heterocycles. The number of guanidine groups is 1. The zero-order valence-electron chi connectivity index (χ0n) is 20.8. The van der Waals surface area contributed by atoms with Crippen molar-refractivity contribution >= 4 is 34.1 Å². The van der Waals surface area contributed by atoms with E-state index in [0.29, 0.717) is 30.3 Å². The maximum absolute atomic E-state index is 12.7. The third-order valence-electron chi connectivity index (χ3n) is 5.23. The highest BCUT2D eigenvalue weighted by molar-refractivity contribution is 7.90. The molecular formula is C23H33N7O5S. The molecule has 12 nitrogen and oxygen atoms in total. The molecule has 3 aromatic rings. The number of nitrogens with two attached hydrogens (primary N) is 2. The molecule has 8 N–H and O–H groups in total. The highest BCUT2D eigenvalue weighted by Gasteiger charge is 2.21. The molecule has 2 unspecified atom stereocenters. The number of aromatic nitrogens is 3. The first-order valence-corrected chi connectivity index (χ1v) is 12.4. The van der Waals surface area contributed by atoms with Crippen molar-refractivity contribution in [3.05, 3.63) is 41.2 Å². The van der Waals surface area contributed by atoms with E-state index in [1.54, 1.807) is 20.4 Å². The summed E-state index contributed by atoms with van der Waals surface area (Å²) in [7, 11) is 3.23. The summed E-state index contributed by atoms with van der Waals surface area (Å²) in [5.74, 6) is 0.662. The van der Waals surface area contributed by atoms with Gasteiger partial charge in [0.25, 0.3) is 0 Å². The summed E-state index contributed by atoms with van der Waals surface area (Å²) in [4.78, 5) is 22.1. The lowest BCUT2D eigenvalue weighted by Gasteiger charge is -2.13. The van der Waals surface area contributed by atoms with Crippen LogP contribution in [0.2, 0.25) is 0 Å². The second-order valence-electron chi connectivity index (χ2n) is 7.89. The fourth-order valence-electron chi connectivity index (χ4n) is 3.27. The van der Waals surface area contributed by atoms with Crippen molar-refractivity contribution in [1.82, 2.24) is 20.3 Å². The number of aromatic amines is 1. The van der Waals surface area contributed by atoms with E-state index in [4.69, 9.17) is 31.5 Å². The van der Waals surface area contributed by atoms with Crippen molar-refractivity contribution in [3.8, 4) is 11.5 Å². The van der Waals surface area contributed by atoms with Crippen LogP contribution in [0.3, 0.4) is 0 Å². The number of carbonyl (C=O) groups is 1.